The molecule has 0 aliphatic rings. The van der Waals surface area contributed by atoms with Gasteiger partial charge in [-0.15, -0.1) is 5.10 Å². The van der Waals surface area contributed by atoms with Gasteiger partial charge in [-0.25, -0.2) is 9.89 Å². The summed E-state index contributed by atoms with van der Waals surface area (Å²) in [4.78, 5) is 12.4. The summed E-state index contributed by atoms with van der Waals surface area (Å²) in [6.45, 7) is 4.56. The lowest BCUT2D eigenvalue weighted by atomic mass is 10.2. The van der Waals surface area contributed by atoms with Crippen LogP contribution >= 0.6 is 11.8 Å². The number of benzene rings is 1. The summed E-state index contributed by atoms with van der Waals surface area (Å²) < 4.78 is 1.59. The summed E-state index contributed by atoms with van der Waals surface area (Å²) in [6.07, 6.45) is 0.853. The van der Waals surface area contributed by atoms with Crippen molar-refractivity contribution >= 4 is 11.8 Å². The van der Waals surface area contributed by atoms with Crippen LogP contribution in [0.3, 0.4) is 0 Å². The number of hydrogen-bond acceptors (Lipinski definition) is 4. The lowest BCUT2D eigenvalue weighted by Crippen LogP contribution is -2.17. The van der Waals surface area contributed by atoms with Gasteiger partial charge in [0.15, 0.2) is 5.16 Å². The molecule has 2 rings (SSSR count). The molecule has 2 aromatic rings. The molecule has 0 atom stereocenters. The van der Waals surface area contributed by atoms with E-state index in [9.17, 15) is 4.79 Å². The van der Waals surface area contributed by atoms with Crippen LogP contribution in [0, 0.1) is 18.3 Å². The number of nitriles is 1. The Hall–Kier alpha value is -2.00. The second-order valence-corrected chi connectivity index (χ2v) is 5.19. The third-order valence-electron chi connectivity index (χ3n) is 2.63. The van der Waals surface area contributed by atoms with Crippen LogP contribution < -0.4 is 5.69 Å². The molecule has 0 bridgehead atoms. The van der Waals surface area contributed by atoms with Gasteiger partial charge in [0.2, 0.25) is 0 Å². The average Bonchev–Trinajstić information content (AvgIpc) is 2.74. The fourth-order valence-electron chi connectivity index (χ4n) is 1.72. The standard InChI is InChI=1S/C13H14N4OS/c1-3-6-17-12(18)15-16-13(17)19-11-5-4-9(2)7-10(11)8-14/h4-5,7H,3,6H2,1-2H3,(H,15,18). The number of H-pyrrole nitrogens is 1. The third kappa shape index (κ3) is 2.88. The molecule has 0 aliphatic carbocycles. The minimum absolute atomic E-state index is 0.213. The van der Waals surface area contributed by atoms with E-state index in [1.165, 1.54) is 11.8 Å². The second-order valence-electron chi connectivity index (χ2n) is 4.18. The van der Waals surface area contributed by atoms with E-state index in [4.69, 9.17) is 5.26 Å². The first-order valence-electron chi connectivity index (χ1n) is 5.99. The maximum Gasteiger partial charge on any atom is 0.343 e. The van der Waals surface area contributed by atoms with Crippen molar-refractivity contribution in [1.82, 2.24) is 14.8 Å². The van der Waals surface area contributed by atoms with Gasteiger partial charge in [-0.1, -0.05) is 13.0 Å². The molecular formula is C13H14N4OS. The predicted molar refractivity (Wildman–Crippen MR) is 73.2 cm³/mol. The topological polar surface area (TPSA) is 74.5 Å². The molecule has 0 fully saturated rings. The third-order valence-corrected chi connectivity index (χ3v) is 3.70. The average molecular weight is 274 g/mol. The molecule has 1 aromatic carbocycles. The van der Waals surface area contributed by atoms with Crippen molar-refractivity contribution in [3.05, 3.63) is 39.8 Å². The predicted octanol–water partition coefficient (Wildman–Crippen LogP) is 2.31. The molecule has 0 spiro atoms. The number of nitrogens with zero attached hydrogens (tertiary/aromatic N) is 3. The first-order valence-corrected chi connectivity index (χ1v) is 6.81. The van der Waals surface area contributed by atoms with Crippen LogP contribution in [0.5, 0.6) is 0 Å². The van der Waals surface area contributed by atoms with E-state index < -0.39 is 0 Å². The van der Waals surface area contributed by atoms with Gasteiger partial charge in [0.05, 0.1) is 5.56 Å². The molecule has 0 unspecified atom stereocenters. The highest BCUT2D eigenvalue weighted by Gasteiger charge is 2.11. The zero-order valence-corrected chi connectivity index (χ0v) is 11.6. The SMILES string of the molecule is CCCn1c(Sc2ccc(C)cc2C#N)n[nH]c1=O. The first kappa shape index (κ1) is 13.4. The summed E-state index contributed by atoms with van der Waals surface area (Å²) in [5.41, 5.74) is 1.42. The van der Waals surface area contributed by atoms with E-state index in [2.05, 4.69) is 16.3 Å². The smallest absolute Gasteiger partial charge is 0.270 e. The van der Waals surface area contributed by atoms with Crippen molar-refractivity contribution in [2.45, 2.75) is 36.9 Å². The fourth-order valence-corrected chi connectivity index (χ4v) is 2.64. The van der Waals surface area contributed by atoms with E-state index >= 15 is 0 Å². The van der Waals surface area contributed by atoms with Gasteiger partial charge >= 0.3 is 5.69 Å². The molecular weight excluding hydrogens is 260 g/mol. The fraction of sp³-hybridized carbons (Fsp3) is 0.308. The van der Waals surface area contributed by atoms with E-state index in [-0.39, 0.29) is 5.69 Å². The summed E-state index contributed by atoms with van der Waals surface area (Å²) >= 11 is 1.33. The summed E-state index contributed by atoms with van der Waals surface area (Å²) in [5, 5.41) is 16.2. The Kier molecular flexibility index (Phi) is 4.07. The van der Waals surface area contributed by atoms with Crippen LogP contribution in [-0.2, 0) is 6.54 Å². The van der Waals surface area contributed by atoms with E-state index in [0.717, 1.165) is 16.9 Å². The van der Waals surface area contributed by atoms with Gasteiger partial charge in [0, 0.05) is 11.4 Å². The summed E-state index contributed by atoms with van der Waals surface area (Å²) in [5.74, 6) is 0. The zero-order valence-electron chi connectivity index (χ0n) is 10.8. The summed E-state index contributed by atoms with van der Waals surface area (Å²) in [7, 11) is 0. The maximum absolute atomic E-state index is 11.6. The quantitative estimate of drug-likeness (QED) is 0.928. The number of rotatable bonds is 4. The molecule has 1 aromatic heterocycles. The van der Waals surface area contributed by atoms with Gasteiger partial charge in [-0.3, -0.25) is 4.57 Å². The molecule has 5 nitrogen and oxygen atoms in total. The molecule has 6 heteroatoms. The molecule has 1 N–H and O–H groups in total. The van der Waals surface area contributed by atoms with Crippen molar-refractivity contribution in [1.29, 1.82) is 5.26 Å². The van der Waals surface area contributed by atoms with Gasteiger partial charge in [-0.2, -0.15) is 5.26 Å². The number of aromatic amines is 1. The van der Waals surface area contributed by atoms with Gasteiger partial charge in [0.25, 0.3) is 0 Å². The van der Waals surface area contributed by atoms with Crippen LogP contribution in [-0.4, -0.2) is 14.8 Å². The monoisotopic (exact) mass is 274 g/mol. The minimum atomic E-state index is -0.213. The first-order chi connectivity index (χ1) is 9.15. The number of aromatic nitrogens is 3. The molecule has 0 saturated heterocycles. The Balaban J connectivity index is 2.37. The van der Waals surface area contributed by atoms with Crippen molar-refractivity contribution < 1.29 is 0 Å². The normalized spacial score (nSPS) is 10.4. The lowest BCUT2D eigenvalue weighted by molar-refractivity contribution is 0.604. The van der Waals surface area contributed by atoms with Crippen molar-refractivity contribution in [3.63, 3.8) is 0 Å². The molecule has 98 valence electrons. The van der Waals surface area contributed by atoms with Crippen LogP contribution in [0.2, 0.25) is 0 Å². The minimum Gasteiger partial charge on any atom is -0.270 e. The van der Waals surface area contributed by atoms with Crippen LogP contribution in [0.15, 0.2) is 33.0 Å². The van der Waals surface area contributed by atoms with Crippen LogP contribution in [0.4, 0.5) is 0 Å². The Labute approximate surface area is 115 Å². The lowest BCUT2D eigenvalue weighted by Gasteiger charge is -2.05. The van der Waals surface area contributed by atoms with E-state index in [0.29, 0.717) is 17.3 Å². The number of hydrogen-bond donors (Lipinski definition) is 1. The van der Waals surface area contributed by atoms with Crippen molar-refractivity contribution in [2.24, 2.45) is 0 Å². The Morgan fingerprint density at radius 3 is 3.00 bits per heavy atom. The molecule has 0 aliphatic heterocycles. The van der Waals surface area contributed by atoms with Crippen LogP contribution in [0.25, 0.3) is 0 Å². The zero-order chi connectivity index (χ0) is 13.8. The molecule has 19 heavy (non-hydrogen) atoms. The summed E-state index contributed by atoms with van der Waals surface area (Å²) in [6, 6.07) is 7.82. The Bertz CT molecular complexity index is 681. The maximum atomic E-state index is 11.6. The largest absolute Gasteiger partial charge is 0.343 e. The van der Waals surface area contributed by atoms with Crippen molar-refractivity contribution in [3.8, 4) is 6.07 Å². The Morgan fingerprint density at radius 1 is 1.53 bits per heavy atom. The second kappa shape index (κ2) is 5.76. The highest BCUT2D eigenvalue weighted by Crippen LogP contribution is 2.28. The Morgan fingerprint density at radius 2 is 2.32 bits per heavy atom. The molecule has 0 saturated carbocycles. The van der Waals surface area contributed by atoms with E-state index in [1.807, 2.05) is 32.0 Å². The van der Waals surface area contributed by atoms with E-state index in [1.54, 1.807) is 4.57 Å². The highest BCUT2D eigenvalue weighted by molar-refractivity contribution is 7.99. The number of nitrogens with one attached hydrogen (secondary N) is 1. The molecule has 0 radical (unpaired) electrons. The van der Waals surface area contributed by atoms with Gasteiger partial charge in [-0.05, 0) is 42.8 Å². The van der Waals surface area contributed by atoms with Crippen molar-refractivity contribution in [2.75, 3.05) is 0 Å². The number of aryl methyl sites for hydroxylation is 1. The highest BCUT2D eigenvalue weighted by atomic mass is 32.2. The molecule has 0 amide bonds. The molecule has 1 heterocycles. The van der Waals surface area contributed by atoms with Gasteiger partial charge < -0.3 is 0 Å². The van der Waals surface area contributed by atoms with Crippen LogP contribution in [0.1, 0.15) is 24.5 Å². The van der Waals surface area contributed by atoms with Gasteiger partial charge in [0.1, 0.15) is 6.07 Å².